The number of pyridine rings is 1. The van der Waals surface area contributed by atoms with Crippen LogP contribution >= 0.6 is 11.3 Å². The Morgan fingerprint density at radius 3 is 2.81 bits per heavy atom. The number of hydrogen-bond donors (Lipinski definition) is 0. The van der Waals surface area contributed by atoms with Gasteiger partial charge < -0.3 is 4.90 Å². The molecule has 1 amide bonds. The summed E-state index contributed by atoms with van der Waals surface area (Å²) in [6.07, 6.45) is 6.84. The van der Waals surface area contributed by atoms with Gasteiger partial charge in [0.25, 0.3) is 5.91 Å². The van der Waals surface area contributed by atoms with Crippen LogP contribution < -0.4 is 0 Å². The molecule has 1 fully saturated rings. The van der Waals surface area contributed by atoms with Gasteiger partial charge in [0.05, 0.1) is 11.7 Å². The van der Waals surface area contributed by atoms with Gasteiger partial charge >= 0.3 is 0 Å². The number of benzene rings is 1. The molecule has 27 heavy (non-hydrogen) atoms. The third-order valence-electron chi connectivity index (χ3n) is 5.22. The van der Waals surface area contributed by atoms with E-state index in [-0.39, 0.29) is 11.9 Å². The fourth-order valence-electron chi connectivity index (χ4n) is 3.64. The van der Waals surface area contributed by atoms with Gasteiger partial charge in [-0.3, -0.25) is 9.78 Å². The van der Waals surface area contributed by atoms with E-state index < -0.39 is 0 Å². The zero-order chi connectivity index (χ0) is 18.8. The van der Waals surface area contributed by atoms with Crippen LogP contribution in [0.25, 0.3) is 10.6 Å². The lowest BCUT2D eigenvalue weighted by molar-refractivity contribution is 0.0611. The molecular formula is C22H23N3OS. The van der Waals surface area contributed by atoms with Crippen molar-refractivity contribution in [2.45, 2.75) is 39.2 Å². The number of aryl methyl sites for hydroxylation is 2. The van der Waals surface area contributed by atoms with Gasteiger partial charge in [-0.2, -0.15) is 0 Å². The van der Waals surface area contributed by atoms with Crippen molar-refractivity contribution in [2.24, 2.45) is 0 Å². The molecule has 1 atom stereocenters. The smallest absolute Gasteiger partial charge is 0.254 e. The molecule has 0 radical (unpaired) electrons. The molecule has 2 aromatic heterocycles. The highest BCUT2D eigenvalue weighted by molar-refractivity contribution is 7.15. The van der Waals surface area contributed by atoms with Gasteiger partial charge in [0.1, 0.15) is 5.01 Å². The van der Waals surface area contributed by atoms with E-state index >= 15 is 0 Å². The normalized spacial score (nSPS) is 17.1. The number of thiazole rings is 1. The summed E-state index contributed by atoms with van der Waals surface area (Å²) < 4.78 is 0. The minimum Gasteiger partial charge on any atom is -0.332 e. The first-order chi connectivity index (χ1) is 13.1. The lowest BCUT2D eigenvalue weighted by atomic mass is 9.95. The van der Waals surface area contributed by atoms with Crippen molar-refractivity contribution in [3.63, 3.8) is 0 Å². The summed E-state index contributed by atoms with van der Waals surface area (Å²) in [5.74, 6) is 0.0930. The minimum absolute atomic E-state index is 0.0930. The van der Waals surface area contributed by atoms with E-state index in [1.165, 1.54) is 4.88 Å². The first-order valence-electron chi connectivity index (χ1n) is 9.39. The van der Waals surface area contributed by atoms with Crippen molar-refractivity contribution in [2.75, 3.05) is 6.54 Å². The maximum Gasteiger partial charge on any atom is 0.254 e. The van der Waals surface area contributed by atoms with Gasteiger partial charge in [-0.25, -0.2) is 4.98 Å². The van der Waals surface area contributed by atoms with E-state index in [0.29, 0.717) is 0 Å². The Labute approximate surface area is 163 Å². The third kappa shape index (κ3) is 3.65. The standard InChI is InChI=1S/C22H23N3OS/c1-15-16(2)27-21(24-15)17-7-5-8-18(13-17)22(26)25-12-4-3-10-20(25)19-9-6-11-23-14-19/h5-9,11,13-14,20H,3-4,10,12H2,1-2H3/t20-/m1/s1. The number of carbonyl (C=O) groups excluding carboxylic acids is 1. The largest absolute Gasteiger partial charge is 0.332 e. The molecule has 1 aliphatic heterocycles. The van der Waals surface area contributed by atoms with Crippen LogP contribution in [0.1, 0.15) is 51.8 Å². The molecule has 1 aliphatic rings. The summed E-state index contributed by atoms with van der Waals surface area (Å²) in [6, 6.07) is 12.0. The predicted molar refractivity (Wildman–Crippen MR) is 109 cm³/mol. The number of amides is 1. The fourth-order valence-corrected chi connectivity index (χ4v) is 4.55. The number of piperidine rings is 1. The second-order valence-corrected chi connectivity index (χ2v) is 8.24. The average Bonchev–Trinajstić information content (AvgIpc) is 3.07. The van der Waals surface area contributed by atoms with Crippen molar-refractivity contribution >= 4 is 17.2 Å². The van der Waals surface area contributed by atoms with E-state index in [9.17, 15) is 4.79 Å². The Bertz CT molecular complexity index is 932. The molecule has 3 aromatic rings. The van der Waals surface area contributed by atoms with E-state index in [2.05, 4.69) is 23.0 Å². The molecular weight excluding hydrogens is 354 g/mol. The van der Waals surface area contributed by atoms with E-state index in [1.54, 1.807) is 17.5 Å². The number of rotatable bonds is 3. The van der Waals surface area contributed by atoms with Crippen LogP contribution in [0.2, 0.25) is 0 Å². The second-order valence-electron chi connectivity index (χ2n) is 7.04. The summed E-state index contributed by atoms with van der Waals surface area (Å²) in [6.45, 7) is 4.90. The van der Waals surface area contributed by atoms with Crippen molar-refractivity contribution in [3.05, 3.63) is 70.5 Å². The van der Waals surface area contributed by atoms with Crippen LogP contribution in [0.3, 0.4) is 0 Å². The summed E-state index contributed by atoms with van der Waals surface area (Å²) in [4.78, 5) is 25.4. The molecule has 1 saturated heterocycles. The van der Waals surface area contributed by atoms with Gasteiger partial charge in [0, 0.05) is 34.9 Å². The van der Waals surface area contributed by atoms with Gasteiger partial charge in [-0.1, -0.05) is 18.2 Å². The predicted octanol–water partition coefficient (Wildman–Crippen LogP) is 5.19. The van der Waals surface area contributed by atoms with Gasteiger partial charge in [0.15, 0.2) is 0 Å². The second kappa shape index (κ2) is 7.61. The maximum absolute atomic E-state index is 13.3. The topological polar surface area (TPSA) is 46.1 Å². The van der Waals surface area contributed by atoms with Crippen molar-refractivity contribution in [1.82, 2.24) is 14.9 Å². The fraction of sp³-hybridized carbons (Fsp3) is 0.318. The minimum atomic E-state index is 0.0930. The van der Waals surface area contributed by atoms with E-state index in [0.717, 1.165) is 53.2 Å². The monoisotopic (exact) mass is 377 g/mol. The van der Waals surface area contributed by atoms with Crippen molar-refractivity contribution in [3.8, 4) is 10.6 Å². The highest BCUT2D eigenvalue weighted by Crippen LogP contribution is 2.33. The molecule has 138 valence electrons. The summed E-state index contributed by atoms with van der Waals surface area (Å²) >= 11 is 1.68. The Balaban J connectivity index is 1.64. The van der Waals surface area contributed by atoms with Gasteiger partial charge in [-0.05, 0) is 56.9 Å². The molecule has 4 rings (SSSR count). The van der Waals surface area contributed by atoms with Crippen molar-refractivity contribution in [1.29, 1.82) is 0 Å². The summed E-state index contributed by atoms with van der Waals surface area (Å²) in [5.41, 5.74) is 3.91. The molecule has 1 aromatic carbocycles. The molecule has 0 spiro atoms. The maximum atomic E-state index is 13.3. The van der Waals surface area contributed by atoms with Crippen LogP contribution in [-0.4, -0.2) is 27.3 Å². The van der Waals surface area contributed by atoms with Crippen LogP contribution in [0.4, 0.5) is 0 Å². The molecule has 3 heterocycles. The SMILES string of the molecule is Cc1nc(-c2cccc(C(=O)N3CCCC[C@@H]3c3cccnc3)c2)sc1C. The lowest BCUT2D eigenvalue weighted by Gasteiger charge is -2.36. The van der Waals surface area contributed by atoms with Gasteiger partial charge in [0.2, 0.25) is 0 Å². The van der Waals surface area contributed by atoms with E-state index in [4.69, 9.17) is 0 Å². The first-order valence-corrected chi connectivity index (χ1v) is 10.2. The van der Waals surface area contributed by atoms with Gasteiger partial charge in [-0.15, -0.1) is 11.3 Å². The number of hydrogen-bond acceptors (Lipinski definition) is 4. The van der Waals surface area contributed by atoms with Crippen LogP contribution in [0.15, 0.2) is 48.8 Å². The quantitative estimate of drug-likeness (QED) is 0.631. The highest BCUT2D eigenvalue weighted by Gasteiger charge is 2.29. The molecule has 0 saturated carbocycles. The summed E-state index contributed by atoms with van der Waals surface area (Å²) in [7, 11) is 0. The number of aromatic nitrogens is 2. The Morgan fingerprint density at radius 2 is 2.07 bits per heavy atom. The number of nitrogens with zero attached hydrogens (tertiary/aromatic N) is 3. The number of carbonyl (C=O) groups is 1. The average molecular weight is 378 g/mol. The molecule has 0 bridgehead atoms. The van der Waals surface area contributed by atoms with E-state index in [1.807, 2.05) is 48.4 Å². The molecule has 0 N–H and O–H groups in total. The lowest BCUT2D eigenvalue weighted by Crippen LogP contribution is -2.38. The highest BCUT2D eigenvalue weighted by atomic mass is 32.1. The molecule has 0 aliphatic carbocycles. The Morgan fingerprint density at radius 1 is 1.19 bits per heavy atom. The third-order valence-corrected chi connectivity index (χ3v) is 6.34. The summed E-state index contributed by atoms with van der Waals surface area (Å²) in [5, 5.41) is 0.974. The van der Waals surface area contributed by atoms with Crippen LogP contribution in [0, 0.1) is 13.8 Å². The van der Waals surface area contributed by atoms with Crippen molar-refractivity contribution < 1.29 is 4.79 Å². The molecule has 5 heteroatoms. The Kier molecular flexibility index (Phi) is 5.03. The zero-order valence-electron chi connectivity index (χ0n) is 15.7. The molecule has 4 nitrogen and oxygen atoms in total. The zero-order valence-corrected chi connectivity index (χ0v) is 16.5. The van der Waals surface area contributed by atoms with Crippen LogP contribution in [0.5, 0.6) is 0 Å². The Hall–Kier alpha value is -2.53. The number of likely N-dealkylation sites (tertiary alicyclic amines) is 1. The van der Waals surface area contributed by atoms with Crippen LogP contribution in [-0.2, 0) is 0 Å². The first kappa shape index (κ1) is 17.9. The molecule has 0 unspecified atom stereocenters.